The summed E-state index contributed by atoms with van der Waals surface area (Å²) in [6, 6.07) is 4.81. The first-order chi connectivity index (χ1) is 22.2. The second-order valence-electron chi connectivity index (χ2n) is 12.7. The molecule has 4 atom stereocenters. The van der Waals surface area contributed by atoms with E-state index in [1.54, 1.807) is 12.1 Å². The molecule has 0 radical (unpaired) electrons. The number of imide groups is 1. The number of alkyl halides is 1. The highest BCUT2D eigenvalue weighted by molar-refractivity contribution is 14.1. The smallest absolute Gasteiger partial charge is 0.312 e. The van der Waals surface area contributed by atoms with Gasteiger partial charge in [0, 0.05) is 35.0 Å². The molecule has 13 heteroatoms. The number of benzene rings is 1. The minimum Gasteiger partial charge on any atom is -0.352 e. The van der Waals surface area contributed by atoms with Crippen LogP contribution in [0, 0.1) is 18.8 Å². The van der Waals surface area contributed by atoms with Crippen LogP contribution in [0.4, 0.5) is 10.5 Å². The van der Waals surface area contributed by atoms with E-state index in [-0.39, 0.29) is 58.8 Å². The van der Waals surface area contributed by atoms with Crippen LogP contribution in [-0.4, -0.2) is 69.1 Å². The Kier molecular flexibility index (Phi) is 16.6. The topological polar surface area (TPSA) is 180 Å². The summed E-state index contributed by atoms with van der Waals surface area (Å²) in [6.07, 6.45) is 5.52. The van der Waals surface area contributed by atoms with Crippen LogP contribution >= 0.6 is 22.6 Å². The Labute approximate surface area is 292 Å². The number of carbonyl (C=O) groups excluding carboxylic acids is 6. The van der Waals surface area contributed by atoms with Crippen LogP contribution in [0.3, 0.4) is 0 Å². The highest BCUT2D eigenvalue weighted by Crippen LogP contribution is 2.42. The van der Waals surface area contributed by atoms with Crippen molar-refractivity contribution < 1.29 is 28.8 Å². The largest absolute Gasteiger partial charge is 0.352 e. The van der Waals surface area contributed by atoms with Crippen molar-refractivity contribution in [3.8, 4) is 0 Å². The molecule has 1 saturated heterocycles. The molecule has 0 aromatic heterocycles. The van der Waals surface area contributed by atoms with Crippen molar-refractivity contribution in [1.82, 2.24) is 20.9 Å². The van der Waals surface area contributed by atoms with E-state index in [0.29, 0.717) is 37.9 Å². The SMILES string of the molecule is CCCC(I)(CC)C1CC(=O)N(CCCCCC(=O)N[C@H](C(=O)N[C@@H](CCCNC(N)=O)C(=O)Nc2ccc(C)cc2)C(C)C)C1=O. The van der Waals surface area contributed by atoms with E-state index in [1.165, 1.54) is 4.90 Å². The van der Waals surface area contributed by atoms with Gasteiger partial charge in [0.05, 0.1) is 5.92 Å². The molecule has 0 bridgehead atoms. The van der Waals surface area contributed by atoms with Gasteiger partial charge in [-0.2, -0.15) is 0 Å². The fourth-order valence-corrected chi connectivity index (χ4v) is 6.79. The third-order valence-corrected chi connectivity index (χ3v) is 10.6. The molecule has 2 rings (SSSR count). The zero-order valence-electron chi connectivity index (χ0n) is 28.5. The summed E-state index contributed by atoms with van der Waals surface area (Å²) >= 11 is 2.37. The summed E-state index contributed by atoms with van der Waals surface area (Å²) in [6.45, 7) is 10.3. The summed E-state index contributed by atoms with van der Waals surface area (Å²) in [7, 11) is 0. The maximum atomic E-state index is 13.4. The lowest BCUT2D eigenvalue weighted by Gasteiger charge is -2.30. The molecular weight excluding hydrogens is 715 g/mol. The number of anilines is 1. The fraction of sp³-hybridized carbons (Fsp3) is 0.647. The van der Waals surface area contributed by atoms with Crippen LogP contribution in [0.2, 0.25) is 0 Å². The number of rotatable bonds is 20. The quantitative estimate of drug-likeness (QED) is 0.0571. The van der Waals surface area contributed by atoms with Gasteiger partial charge in [0.15, 0.2) is 0 Å². The summed E-state index contributed by atoms with van der Waals surface area (Å²) in [4.78, 5) is 77.6. The summed E-state index contributed by atoms with van der Waals surface area (Å²) in [5.41, 5.74) is 6.76. The van der Waals surface area contributed by atoms with Crippen LogP contribution in [0.5, 0.6) is 0 Å². The summed E-state index contributed by atoms with van der Waals surface area (Å²) in [5.74, 6) is -1.94. The van der Waals surface area contributed by atoms with Gasteiger partial charge in [0.2, 0.25) is 29.5 Å². The Hall–Kier alpha value is -3.23. The predicted octanol–water partition coefficient (Wildman–Crippen LogP) is 4.33. The molecule has 12 nitrogen and oxygen atoms in total. The lowest BCUT2D eigenvalue weighted by Crippen LogP contribution is -2.54. The summed E-state index contributed by atoms with van der Waals surface area (Å²) in [5, 5.41) is 10.9. The first-order valence-electron chi connectivity index (χ1n) is 16.8. The van der Waals surface area contributed by atoms with E-state index in [2.05, 4.69) is 57.7 Å². The number of nitrogens with one attached hydrogen (secondary N) is 4. The Bertz CT molecular complexity index is 1240. The molecule has 6 N–H and O–H groups in total. The van der Waals surface area contributed by atoms with Gasteiger partial charge < -0.3 is 27.0 Å². The Morgan fingerprint density at radius 1 is 1.00 bits per heavy atom. The normalized spacial score (nSPS) is 17.2. The molecule has 0 aliphatic carbocycles. The van der Waals surface area contributed by atoms with E-state index < -0.39 is 29.9 Å². The van der Waals surface area contributed by atoms with Crippen molar-refractivity contribution in [2.75, 3.05) is 18.4 Å². The average molecular weight is 769 g/mol. The number of nitrogens with two attached hydrogens (primary N) is 1. The van der Waals surface area contributed by atoms with Crippen LogP contribution in [0.15, 0.2) is 24.3 Å². The maximum absolute atomic E-state index is 13.4. The molecule has 7 amide bonds. The van der Waals surface area contributed by atoms with Gasteiger partial charge in [-0.05, 0) is 63.5 Å². The standard InChI is InChI=1S/C34H53IN6O6/c1-6-18-34(35,7-2)25-21-28(43)41(32(25)46)20-10-8-9-13-27(42)40-29(22(3)4)31(45)39-26(12-11-19-37-33(36)47)30(44)38-24-16-14-23(5)15-17-24/h14-17,22,25-26,29H,6-13,18-21H2,1-5H3,(H,38,44)(H,39,45)(H,40,42)(H3,36,37,47)/t25?,26-,29-,34?/m0/s1. The van der Waals surface area contributed by atoms with Crippen LogP contribution < -0.4 is 27.0 Å². The maximum Gasteiger partial charge on any atom is 0.312 e. The third kappa shape index (κ3) is 12.7. The van der Waals surface area contributed by atoms with Gasteiger partial charge >= 0.3 is 6.03 Å². The zero-order chi connectivity index (χ0) is 35.1. The number of halogens is 1. The van der Waals surface area contributed by atoms with Crippen molar-refractivity contribution in [2.24, 2.45) is 17.6 Å². The van der Waals surface area contributed by atoms with E-state index in [9.17, 15) is 28.8 Å². The molecule has 1 fully saturated rings. The number of hydrogen-bond donors (Lipinski definition) is 5. The molecule has 1 heterocycles. The summed E-state index contributed by atoms with van der Waals surface area (Å²) < 4.78 is -0.210. The van der Waals surface area contributed by atoms with Crippen LogP contribution in [0.25, 0.3) is 0 Å². The fourth-order valence-electron chi connectivity index (χ4n) is 5.76. The molecular formula is C34H53IN6O6. The monoisotopic (exact) mass is 768 g/mol. The van der Waals surface area contributed by atoms with Crippen molar-refractivity contribution >= 4 is 63.8 Å². The van der Waals surface area contributed by atoms with E-state index in [0.717, 1.165) is 24.8 Å². The second-order valence-corrected chi connectivity index (χ2v) is 14.9. The number of urea groups is 1. The van der Waals surface area contributed by atoms with Crippen molar-refractivity contribution in [3.63, 3.8) is 0 Å². The van der Waals surface area contributed by atoms with Gasteiger partial charge in [-0.15, -0.1) is 0 Å². The number of aryl methyl sites for hydroxylation is 1. The van der Waals surface area contributed by atoms with E-state index in [4.69, 9.17) is 5.73 Å². The molecule has 1 aliphatic heterocycles. The number of nitrogens with zero attached hydrogens (tertiary/aromatic N) is 1. The zero-order valence-corrected chi connectivity index (χ0v) is 30.6. The minimum absolute atomic E-state index is 0.0850. The number of hydrogen-bond acceptors (Lipinski definition) is 6. The lowest BCUT2D eigenvalue weighted by atomic mass is 9.85. The molecule has 1 aromatic rings. The van der Waals surface area contributed by atoms with Gasteiger partial charge in [0.25, 0.3) is 0 Å². The number of primary amides is 1. The van der Waals surface area contributed by atoms with Crippen LogP contribution in [-0.2, 0) is 24.0 Å². The van der Waals surface area contributed by atoms with Crippen LogP contribution in [0.1, 0.15) is 97.5 Å². The molecule has 2 unspecified atom stereocenters. The molecule has 0 saturated carbocycles. The molecule has 47 heavy (non-hydrogen) atoms. The molecule has 262 valence electrons. The van der Waals surface area contributed by atoms with Gasteiger partial charge in [-0.25, -0.2) is 4.79 Å². The highest BCUT2D eigenvalue weighted by atomic mass is 127. The highest BCUT2D eigenvalue weighted by Gasteiger charge is 2.48. The number of unbranched alkanes of at least 4 members (excludes halogenated alkanes) is 2. The first kappa shape index (κ1) is 39.9. The van der Waals surface area contributed by atoms with Crippen molar-refractivity contribution in [3.05, 3.63) is 29.8 Å². The lowest BCUT2D eigenvalue weighted by molar-refractivity contribution is -0.139. The van der Waals surface area contributed by atoms with Crippen molar-refractivity contribution in [1.29, 1.82) is 0 Å². The van der Waals surface area contributed by atoms with Gasteiger partial charge in [-0.3, -0.25) is 28.9 Å². The number of likely N-dealkylation sites (tertiary alicyclic amines) is 1. The minimum atomic E-state index is -0.913. The second kappa shape index (κ2) is 19.6. The Balaban J connectivity index is 1.90. The predicted molar refractivity (Wildman–Crippen MR) is 191 cm³/mol. The van der Waals surface area contributed by atoms with Gasteiger partial charge in [0.1, 0.15) is 12.1 Å². The number of carbonyl (C=O) groups is 6. The molecule has 1 aromatic carbocycles. The third-order valence-electron chi connectivity index (χ3n) is 8.59. The molecule has 1 aliphatic rings. The number of amides is 7. The average Bonchev–Trinajstić information content (AvgIpc) is 3.31. The Morgan fingerprint density at radius 2 is 1.68 bits per heavy atom. The van der Waals surface area contributed by atoms with E-state index >= 15 is 0 Å². The van der Waals surface area contributed by atoms with E-state index in [1.807, 2.05) is 32.9 Å². The van der Waals surface area contributed by atoms with Crippen molar-refractivity contribution in [2.45, 2.75) is 114 Å². The van der Waals surface area contributed by atoms with Gasteiger partial charge in [-0.1, -0.05) is 80.8 Å². The Morgan fingerprint density at radius 3 is 2.28 bits per heavy atom. The molecule has 0 spiro atoms. The first-order valence-corrected chi connectivity index (χ1v) is 17.8.